The molecule has 0 radical (unpaired) electrons. The van der Waals surface area contributed by atoms with E-state index in [-0.39, 0.29) is 17.3 Å². The summed E-state index contributed by atoms with van der Waals surface area (Å²) in [6.45, 7) is 9.21. The summed E-state index contributed by atoms with van der Waals surface area (Å²) in [4.78, 5) is 21.1. The van der Waals surface area contributed by atoms with Gasteiger partial charge in [-0.2, -0.15) is 0 Å². The van der Waals surface area contributed by atoms with Crippen molar-refractivity contribution in [2.24, 2.45) is 0 Å². The molecule has 0 saturated carbocycles. The summed E-state index contributed by atoms with van der Waals surface area (Å²) < 4.78 is 13.1. The highest BCUT2D eigenvalue weighted by Crippen LogP contribution is 2.20. The van der Waals surface area contributed by atoms with Gasteiger partial charge in [0.1, 0.15) is 11.6 Å². The Kier molecular flexibility index (Phi) is 5.11. The molecule has 26 heavy (non-hydrogen) atoms. The molecule has 0 aliphatic carbocycles. The first-order valence-corrected chi connectivity index (χ1v) is 8.86. The maximum absolute atomic E-state index is 13.1. The molecular formula is C20H25FN4O. The van der Waals surface area contributed by atoms with Crippen LogP contribution in [0.25, 0.3) is 0 Å². The zero-order valence-electron chi connectivity index (χ0n) is 15.5. The van der Waals surface area contributed by atoms with E-state index in [0.717, 1.165) is 37.7 Å². The molecule has 1 aromatic carbocycles. The van der Waals surface area contributed by atoms with Crippen molar-refractivity contribution in [1.82, 2.24) is 10.3 Å². The lowest BCUT2D eigenvalue weighted by atomic mass is 10.1. The number of nitrogens with one attached hydrogen (secondary N) is 1. The number of hydrogen-bond donors (Lipinski definition) is 1. The van der Waals surface area contributed by atoms with Gasteiger partial charge in [0.2, 0.25) is 0 Å². The Morgan fingerprint density at radius 1 is 1.00 bits per heavy atom. The second kappa shape index (κ2) is 7.32. The predicted molar refractivity (Wildman–Crippen MR) is 102 cm³/mol. The maximum atomic E-state index is 13.1. The third kappa shape index (κ3) is 4.50. The Balaban J connectivity index is 1.59. The number of carbonyl (C=O) groups excluding carboxylic acids is 1. The van der Waals surface area contributed by atoms with Gasteiger partial charge in [-0.3, -0.25) is 4.79 Å². The molecule has 0 unspecified atom stereocenters. The highest BCUT2D eigenvalue weighted by Gasteiger charge is 2.19. The second-order valence-electron chi connectivity index (χ2n) is 7.56. The maximum Gasteiger partial charge on any atom is 0.253 e. The predicted octanol–water partition coefficient (Wildman–Crippen LogP) is 3.08. The van der Waals surface area contributed by atoms with E-state index in [1.54, 1.807) is 6.20 Å². The van der Waals surface area contributed by atoms with Crippen molar-refractivity contribution in [3.63, 3.8) is 0 Å². The van der Waals surface area contributed by atoms with Gasteiger partial charge in [-0.25, -0.2) is 9.37 Å². The molecule has 1 amide bonds. The molecule has 6 heteroatoms. The van der Waals surface area contributed by atoms with Crippen molar-refractivity contribution < 1.29 is 9.18 Å². The molecule has 1 saturated heterocycles. The van der Waals surface area contributed by atoms with Crippen LogP contribution in [0.15, 0.2) is 42.6 Å². The molecule has 2 aromatic rings. The Bertz CT molecular complexity index is 745. The standard InChI is InChI=1S/C20H25FN4O/c1-20(2,3)23-19(26)15-4-9-18(22-14-15)25-12-10-24(11-13-25)17-7-5-16(21)6-8-17/h4-9,14H,10-13H2,1-3H3,(H,23,26). The summed E-state index contributed by atoms with van der Waals surface area (Å²) in [5, 5.41) is 2.94. The zero-order valence-corrected chi connectivity index (χ0v) is 15.5. The minimum absolute atomic E-state index is 0.113. The molecule has 1 aliphatic rings. The number of amides is 1. The molecule has 3 rings (SSSR count). The SMILES string of the molecule is CC(C)(C)NC(=O)c1ccc(N2CCN(c3ccc(F)cc3)CC2)nc1. The van der Waals surface area contributed by atoms with E-state index in [1.807, 2.05) is 45.0 Å². The molecule has 2 heterocycles. The number of hydrogen-bond acceptors (Lipinski definition) is 4. The van der Waals surface area contributed by atoms with Gasteiger partial charge in [0.05, 0.1) is 5.56 Å². The number of piperazine rings is 1. The second-order valence-corrected chi connectivity index (χ2v) is 7.56. The number of benzene rings is 1. The van der Waals surface area contributed by atoms with Crippen molar-refractivity contribution in [1.29, 1.82) is 0 Å². The molecule has 138 valence electrons. The van der Waals surface area contributed by atoms with Crippen molar-refractivity contribution in [3.05, 3.63) is 54.0 Å². The minimum Gasteiger partial charge on any atom is -0.368 e. The van der Waals surface area contributed by atoms with Crippen LogP contribution in [-0.2, 0) is 0 Å². The summed E-state index contributed by atoms with van der Waals surface area (Å²) in [5.41, 5.74) is 1.33. The van der Waals surface area contributed by atoms with Crippen LogP contribution in [0.1, 0.15) is 31.1 Å². The normalized spacial score (nSPS) is 15.1. The highest BCUT2D eigenvalue weighted by atomic mass is 19.1. The first-order chi connectivity index (χ1) is 12.3. The van der Waals surface area contributed by atoms with Gasteiger partial charge in [0.25, 0.3) is 5.91 Å². The van der Waals surface area contributed by atoms with Crippen molar-refractivity contribution in [3.8, 4) is 0 Å². The van der Waals surface area contributed by atoms with E-state index in [4.69, 9.17) is 0 Å². The van der Waals surface area contributed by atoms with Crippen LogP contribution >= 0.6 is 0 Å². The van der Waals surface area contributed by atoms with Gasteiger partial charge in [0, 0.05) is 43.6 Å². The highest BCUT2D eigenvalue weighted by molar-refractivity contribution is 5.94. The summed E-state index contributed by atoms with van der Waals surface area (Å²) >= 11 is 0. The lowest BCUT2D eigenvalue weighted by Gasteiger charge is -2.36. The molecule has 1 aliphatic heterocycles. The number of rotatable bonds is 3. The fourth-order valence-electron chi connectivity index (χ4n) is 2.97. The fourth-order valence-corrected chi connectivity index (χ4v) is 2.97. The third-order valence-corrected chi connectivity index (χ3v) is 4.29. The minimum atomic E-state index is -0.271. The average molecular weight is 356 g/mol. The number of nitrogens with zero attached hydrogens (tertiary/aromatic N) is 3. The van der Waals surface area contributed by atoms with E-state index >= 15 is 0 Å². The van der Waals surface area contributed by atoms with Crippen molar-refractivity contribution in [2.75, 3.05) is 36.0 Å². The number of pyridine rings is 1. The topological polar surface area (TPSA) is 48.5 Å². The summed E-state index contributed by atoms with van der Waals surface area (Å²) in [7, 11) is 0. The Morgan fingerprint density at radius 3 is 2.15 bits per heavy atom. The van der Waals surface area contributed by atoms with E-state index < -0.39 is 0 Å². The van der Waals surface area contributed by atoms with Gasteiger partial charge >= 0.3 is 0 Å². The fraction of sp³-hybridized carbons (Fsp3) is 0.400. The molecule has 1 aromatic heterocycles. The first kappa shape index (κ1) is 18.2. The number of aromatic nitrogens is 1. The van der Waals surface area contributed by atoms with Gasteiger partial charge in [-0.1, -0.05) is 0 Å². The number of anilines is 2. The van der Waals surface area contributed by atoms with E-state index in [9.17, 15) is 9.18 Å². The van der Waals surface area contributed by atoms with E-state index in [1.165, 1.54) is 12.1 Å². The molecule has 1 N–H and O–H groups in total. The molecular weight excluding hydrogens is 331 g/mol. The Morgan fingerprint density at radius 2 is 1.62 bits per heavy atom. The van der Waals surface area contributed by atoms with Crippen LogP contribution in [0.2, 0.25) is 0 Å². The molecule has 0 bridgehead atoms. The molecule has 5 nitrogen and oxygen atoms in total. The van der Waals surface area contributed by atoms with Crippen LogP contribution in [0.5, 0.6) is 0 Å². The van der Waals surface area contributed by atoms with Crippen LogP contribution in [0.4, 0.5) is 15.9 Å². The average Bonchev–Trinajstić information content (AvgIpc) is 2.61. The van der Waals surface area contributed by atoms with Crippen LogP contribution < -0.4 is 15.1 Å². The zero-order chi connectivity index (χ0) is 18.7. The third-order valence-electron chi connectivity index (χ3n) is 4.29. The smallest absolute Gasteiger partial charge is 0.253 e. The Labute approximate surface area is 153 Å². The molecule has 1 fully saturated rings. The van der Waals surface area contributed by atoms with Gasteiger partial charge in [-0.15, -0.1) is 0 Å². The monoisotopic (exact) mass is 356 g/mol. The van der Waals surface area contributed by atoms with Gasteiger partial charge < -0.3 is 15.1 Å². The Hall–Kier alpha value is -2.63. The largest absolute Gasteiger partial charge is 0.368 e. The van der Waals surface area contributed by atoms with E-state index in [0.29, 0.717) is 5.56 Å². The number of halogens is 1. The quantitative estimate of drug-likeness (QED) is 0.918. The van der Waals surface area contributed by atoms with Gasteiger partial charge in [0.15, 0.2) is 0 Å². The molecule has 0 spiro atoms. The van der Waals surface area contributed by atoms with Crippen molar-refractivity contribution >= 4 is 17.4 Å². The summed E-state index contributed by atoms with van der Waals surface area (Å²) in [6, 6.07) is 10.3. The van der Waals surface area contributed by atoms with Gasteiger partial charge in [-0.05, 0) is 57.2 Å². The molecule has 0 atom stereocenters. The lowest BCUT2D eigenvalue weighted by Crippen LogP contribution is -2.46. The van der Waals surface area contributed by atoms with E-state index in [2.05, 4.69) is 20.1 Å². The summed E-state index contributed by atoms with van der Waals surface area (Å²) in [6.07, 6.45) is 1.63. The number of carbonyl (C=O) groups is 1. The first-order valence-electron chi connectivity index (χ1n) is 8.86. The van der Waals surface area contributed by atoms with Crippen molar-refractivity contribution in [2.45, 2.75) is 26.3 Å². The van der Waals surface area contributed by atoms with Crippen LogP contribution in [-0.4, -0.2) is 42.6 Å². The van der Waals surface area contributed by atoms with Crippen LogP contribution in [0.3, 0.4) is 0 Å². The lowest BCUT2D eigenvalue weighted by molar-refractivity contribution is 0.0919. The van der Waals surface area contributed by atoms with Crippen LogP contribution in [0, 0.1) is 5.82 Å². The summed E-state index contributed by atoms with van der Waals surface area (Å²) in [5.74, 6) is 0.543.